The molecule has 0 unspecified atom stereocenters. The zero-order valence-corrected chi connectivity index (χ0v) is 20.0. The van der Waals surface area contributed by atoms with Gasteiger partial charge >= 0.3 is 46.7 Å². The van der Waals surface area contributed by atoms with Crippen molar-refractivity contribution >= 4 is 22.5 Å². The van der Waals surface area contributed by atoms with Crippen LogP contribution in [0.4, 0.5) is 0 Å². The van der Waals surface area contributed by atoms with Crippen LogP contribution >= 0.6 is 0 Å². The molecule has 0 aliphatic rings. The van der Waals surface area contributed by atoms with Crippen LogP contribution in [0.5, 0.6) is 0 Å². The van der Waals surface area contributed by atoms with Crippen molar-refractivity contribution in [3.63, 3.8) is 0 Å². The van der Waals surface area contributed by atoms with E-state index in [0.29, 0.717) is 3.43 Å². The van der Waals surface area contributed by atoms with Crippen LogP contribution in [0.2, 0.25) is 3.43 Å². The van der Waals surface area contributed by atoms with Crippen molar-refractivity contribution in [3.8, 4) is 17.8 Å². The molecule has 0 N–H and O–H groups in total. The number of hydrogen-bond donors (Lipinski definition) is 0. The maximum atomic E-state index is 6.69. The summed E-state index contributed by atoms with van der Waals surface area (Å²) in [4.78, 5) is 0. The molecule has 0 radical (unpaired) electrons. The molecule has 1 heteroatoms. The summed E-state index contributed by atoms with van der Waals surface area (Å²) in [5, 5.41) is 0. The van der Waals surface area contributed by atoms with Crippen molar-refractivity contribution in [2.75, 3.05) is 0 Å². The Balaban J connectivity index is 0.000000367. The maximum absolute atomic E-state index is 6.69. The summed E-state index contributed by atoms with van der Waals surface area (Å²) < 4.78 is 0.590. The van der Waals surface area contributed by atoms with Gasteiger partial charge in [0.1, 0.15) is 0 Å². The van der Waals surface area contributed by atoms with E-state index in [-0.39, 0.29) is 0 Å². The third-order valence-electron chi connectivity index (χ3n) is 2.75. The molecule has 3 aromatic carbocycles. The first-order valence-corrected chi connectivity index (χ1v) is 10.4. The second-order valence-corrected chi connectivity index (χ2v) is 11.0. The van der Waals surface area contributed by atoms with Crippen molar-refractivity contribution in [3.05, 3.63) is 127 Å². The molecule has 0 nitrogen and oxygen atoms in total. The van der Waals surface area contributed by atoms with Gasteiger partial charge in [-0.25, -0.2) is 0 Å². The Kier molecular flexibility index (Phi) is 14.5. The largest absolute Gasteiger partial charge is 0.366 e. The van der Waals surface area contributed by atoms with Crippen LogP contribution in [-0.2, 0) is 0 Å². The molecule has 3 rings (SSSR count). The Morgan fingerprint density at radius 3 is 0.793 bits per heavy atom. The van der Waals surface area contributed by atoms with Crippen LogP contribution in [0.1, 0.15) is 37.5 Å². The van der Waals surface area contributed by atoms with E-state index in [0.717, 1.165) is 16.7 Å². The molecule has 0 aromatic heterocycles. The minimum Gasteiger partial charge on any atom is -0.366 e. The number of rotatable bonds is 0. The molecule has 0 saturated carbocycles. The van der Waals surface area contributed by atoms with Crippen LogP contribution in [-0.4, -0.2) is 22.5 Å². The molecule has 0 bridgehead atoms. The normalized spacial score (nSPS) is 8.62. The first-order chi connectivity index (χ1) is 13.8. The summed E-state index contributed by atoms with van der Waals surface area (Å²) in [6, 6.07) is 28.1. The van der Waals surface area contributed by atoms with Gasteiger partial charge in [-0.1, -0.05) is 54.6 Å². The van der Waals surface area contributed by atoms with E-state index in [4.69, 9.17) is 19.3 Å². The Labute approximate surface area is 190 Å². The molecular formula is C28H24Sn. The minimum atomic E-state index is 0.590. The SMILES string of the molecule is C[C](C)(C)[Sn+3].[C-]#Cc1ccccc1.[C-]#Cc1ccccc1.[C-]#Cc1ccccc1. The zero-order chi connectivity index (χ0) is 22.0. The summed E-state index contributed by atoms with van der Waals surface area (Å²) >= 11 is 1.62. The molecule has 0 atom stereocenters. The van der Waals surface area contributed by atoms with Crippen LogP contribution in [0.3, 0.4) is 0 Å². The molecule has 140 valence electrons. The summed E-state index contributed by atoms with van der Waals surface area (Å²) in [5.41, 5.74) is 2.48. The first-order valence-electron chi connectivity index (χ1n) is 8.98. The van der Waals surface area contributed by atoms with Gasteiger partial charge in [0.15, 0.2) is 0 Å². The van der Waals surface area contributed by atoms with Gasteiger partial charge in [0.25, 0.3) is 0 Å². The molecule has 0 spiro atoms. The predicted octanol–water partition coefficient (Wildman–Crippen LogP) is 6.25. The van der Waals surface area contributed by atoms with E-state index >= 15 is 0 Å². The molecule has 0 aliphatic carbocycles. The zero-order valence-electron chi connectivity index (χ0n) is 17.2. The third-order valence-corrected chi connectivity index (χ3v) is 2.75. The fourth-order valence-corrected chi connectivity index (χ4v) is 1.56. The fourth-order valence-electron chi connectivity index (χ4n) is 1.56. The average molecular weight is 479 g/mol. The molecule has 0 saturated heterocycles. The first kappa shape index (κ1) is 26.1. The van der Waals surface area contributed by atoms with Gasteiger partial charge in [-0.15, -0.1) is 53.1 Å². The van der Waals surface area contributed by atoms with Crippen LogP contribution < -0.4 is 0 Å². The molecule has 0 amide bonds. The quantitative estimate of drug-likeness (QED) is 0.203. The van der Waals surface area contributed by atoms with Crippen molar-refractivity contribution < 1.29 is 0 Å². The topological polar surface area (TPSA) is 0 Å². The smallest absolute Gasteiger partial charge is 0.0652 e. The second-order valence-electron chi connectivity index (χ2n) is 6.72. The second kappa shape index (κ2) is 16.1. The summed E-state index contributed by atoms with van der Waals surface area (Å²) in [6.45, 7) is 6.68. The molecule has 3 aromatic rings. The summed E-state index contributed by atoms with van der Waals surface area (Å²) in [7, 11) is 0. The standard InChI is InChI=1S/3C8H5.C4H9.Sn/c3*1-2-8-6-4-3-5-7-8;1-4(2)3;/h3*3-7H;1-3H3;/q3*-1;;+3. The summed E-state index contributed by atoms with van der Waals surface area (Å²) in [5.74, 6) is 6.83. The molecule has 29 heavy (non-hydrogen) atoms. The van der Waals surface area contributed by atoms with Crippen molar-refractivity contribution in [1.29, 1.82) is 0 Å². The van der Waals surface area contributed by atoms with Crippen LogP contribution in [0, 0.1) is 37.0 Å². The van der Waals surface area contributed by atoms with E-state index in [1.54, 1.807) is 22.5 Å². The van der Waals surface area contributed by atoms with E-state index in [1.807, 2.05) is 91.0 Å². The van der Waals surface area contributed by atoms with Crippen LogP contribution in [0.15, 0.2) is 91.0 Å². The number of hydrogen-bond acceptors (Lipinski definition) is 0. The monoisotopic (exact) mass is 480 g/mol. The van der Waals surface area contributed by atoms with Gasteiger partial charge in [0.2, 0.25) is 0 Å². The Morgan fingerprint density at radius 1 is 0.517 bits per heavy atom. The van der Waals surface area contributed by atoms with Crippen LogP contribution in [0.25, 0.3) is 0 Å². The van der Waals surface area contributed by atoms with Gasteiger partial charge in [-0.05, 0) is 0 Å². The molecule has 0 aliphatic heterocycles. The Hall–Kier alpha value is -2.86. The van der Waals surface area contributed by atoms with Crippen molar-refractivity contribution in [2.24, 2.45) is 0 Å². The Bertz CT molecular complexity index is 774. The van der Waals surface area contributed by atoms with E-state index in [2.05, 4.69) is 38.5 Å². The maximum Gasteiger partial charge on any atom is -0.0652 e. The Morgan fingerprint density at radius 2 is 0.690 bits per heavy atom. The van der Waals surface area contributed by atoms with Gasteiger partial charge in [-0.3, -0.25) is 17.8 Å². The molecule has 0 fully saturated rings. The van der Waals surface area contributed by atoms with E-state index < -0.39 is 0 Å². The van der Waals surface area contributed by atoms with E-state index in [1.165, 1.54) is 0 Å². The van der Waals surface area contributed by atoms with Crippen molar-refractivity contribution in [2.45, 2.75) is 24.2 Å². The molecular weight excluding hydrogens is 455 g/mol. The van der Waals surface area contributed by atoms with E-state index in [9.17, 15) is 0 Å². The minimum absolute atomic E-state index is 0.590. The molecule has 0 heterocycles. The summed E-state index contributed by atoms with van der Waals surface area (Å²) in [6.07, 6.45) is 20.1. The van der Waals surface area contributed by atoms with Gasteiger partial charge in [0.05, 0.1) is 0 Å². The number of benzene rings is 3. The predicted molar refractivity (Wildman–Crippen MR) is 123 cm³/mol. The van der Waals surface area contributed by atoms with Gasteiger partial charge in [-0.2, -0.15) is 0 Å². The van der Waals surface area contributed by atoms with Crippen molar-refractivity contribution in [1.82, 2.24) is 0 Å². The van der Waals surface area contributed by atoms with Gasteiger partial charge < -0.3 is 19.3 Å². The fraction of sp³-hybridized carbons (Fsp3) is 0.143. The third kappa shape index (κ3) is 18.3. The van der Waals surface area contributed by atoms with Gasteiger partial charge in [0, 0.05) is 0 Å². The average Bonchev–Trinajstić information content (AvgIpc) is 2.75.